The quantitative estimate of drug-likeness (QED) is 0.216. The molecule has 3 rings (SSSR count). The number of ether oxygens (including phenoxy) is 2. The molecule has 150 valence electrons. The van der Waals surface area contributed by atoms with Gasteiger partial charge in [-0.1, -0.05) is 35.0 Å². The van der Waals surface area contributed by atoms with Crippen LogP contribution in [-0.4, -0.2) is 17.2 Å². The Bertz CT molecular complexity index is 1060. The number of methoxy groups -OCH3 is 1. The minimum atomic E-state index is -0.510. The van der Waals surface area contributed by atoms with Crippen LogP contribution in [0.25, 0.3) is 12.2 Å². The van der Waals surface area contributed by atoms with Gasteiger partial charge in [0.2, 0.25) is 5.76 Å². The van der Waals surface area contributed by atoms with Crippen LogP contribution in [0.3, 0.4) is 0 Å². The molecule has 0 aliphatic heterocycles. The largest absolute Gasteiger partial charge is 0.493 e. The van der Waals surface area contributed by atoms with Crippen LogP contribution in [-0.2, 0) is 6.61 Å². The molecule has 0 radical (unpaired) electrons. The fourth-order valence-corrected chi connectivity index (χ4v) is 3.51. The predicted molar refractivity (Wildman–Crippen MR) is 118 cm³/mol. The summed E-state index contributed by atoms with van der Waals surface area (Å²) >= 11 is 8.06. The molecule has 9 heteroatoms. The molecule has 29 heavy (non-hydrogen) atoms. The molecular formula is C20H16ClIN2O5. The number of nitro groups is 1. The third-order valence-corrected chi connectivity index (χ3v) is 5.07. The summed E-state index contributed by atoms with van der Waals surface area (Å²) in [5.41, 5.74) is 1.83. The number of rotatable bonds is 7. The van der Waals surface area contributed by atoms with Gasteiger partial charge in [-0.05, 0) is 71.0 Å². The first kappa shape index (κ1) is 21.1. The maximum absolute atomic E-state index is 11.1. The highest BCUT2D eigenvalue weighted by Crippen LogP contribution is 2.35. The van der Waals surface area contributed by atoms with Crippen molar-refractivity contribution in [2.24, 2.45) is 0 Å². The summed E-state index contributed by atoms with van der Waals surface area (Å²) < 4.78 is 17.3. The van der Waals surface area contributed by atoms with E-state index in [1.54, 1.807) is 31.4 Å². The average molecular weight is 527 g/mol. The first-order valence-electron chi connectivity index (χ1n) is 8.42. The van der Waals surface area contributed by atoms with Crippen molar-refractivity contribution in [3.63, 3.8) is 0 Å². The van der Waals surface area contributed by atoms with Crippen molar-refractivity contribution in [2.45, 2.75) is 13.5 Å². The van der Waals surface area contributed by atoms with Crippen LogP contribution >= 0.6 is 34.2 Å². The van der Waals surface area contributed by atoms with Gasteiger partial charge in [-0.2, -0.15) is 0 Å². The van der Waals surface area contributed by atoms with Crippen molar-refractivity contribution >= 4 is 52.0 Å². The predicted octanol–water partition coefficient (Wildman–Crippen LogP) is 5.91. The van der Waals surface area contributed by atoms with E-state index in [0.29, 0.717) is 23.1 Å². The molecule has 0 amide bonds. The molecule has 0 aliphatic rings. The number of aromatic nitrogens is 1. The molecule has 0 N–H and O–H groups in total. The van der Waals surface area contributed by atoms with Crippen molar-refractivity contribution in [1.82, 2.24) is 5.16 Å². The van der Waals surface area contributed by atoms with Gasteiger partial charge in [-0.15, -0.1) is 0 Å². The second-order valence-corrected chi connectivity index (χ2v) is 7.62. The van der Waals surface area contributed by atoms with Gasteiger partial charge in [-0.25, -0.2) is 0 Å². The second kappa shape index (κ2) is 9.27. The van der Waals surface area contributed by atoms with E-state index in [1.807, 2.05) is 18.2 Å². The molecule has 7 nitrogen and oxygen atoms in total. The van der Waals surface area contributed by atoms with Gasteiger partial charge in [0.25, 0.3) is 0 Å². The zero-order chi connectivity index (χ0) is 21.0. The van der Waals surface area contributed by atoms with Gasteiger partial charge in [0, 0.05) is 5.02 Å². The lowest BCUT2D eigenvalue weighted by atomic mass is 10.1. The molecule has 0 saturated heterocycles. The molecule has 3 aromatic rings. The van der Waals surface area contributed by atoms with Crippen LogP contribution < -0.4 is 9.47 Å². The Hall–Kier alpha value is -2.59. The normalized spacial score (nSPS) is 11.0. The van der Waals surface area contributed by atoms with E-state index in [-0.39, 0.29) is 17.1 Å². The van der Waals surface area contributed by atoms with Crippen molar-refractivity contribution in [1.29, 1.82) is 0 Å². The van der Waals surface area contributed by atoms with Crippen molar-refractivity contribution < 1.29 is 18.9 Å². The Kier molecular flexibility index (Phi) is 6.75. The highest BCUT2D eigenvalue weighted by atomic mass is 127. The average Bonchev–Trinajstić information content (AvgIpc) is 3.07. The lowest BCUT2D eigenvalue weighted by molar-refractivity contribution is -0.386. The molecular weight excluding hydrogens is 511 g/mol. The lowest BCUT2D eigenvalue weighted by Crippen LogP contribution is -2.00. The minimum absolute atomic E-state index is 0.0875. The summed E-state index contributed by atoms with van der Waals surface area (Å²) in [6.45, 7) is 1.89. The van der Waals surface area contributed by atoms with Gasteiger partial charge >= 0.3 is 5.69 Å². The molecule has 0 bridgehead atoms. The molecule has 0 saturated carbocycles. The van der Waals surface area contributed by atoms with E-state index in [9.17, 15) is 10.1 Å². The fourth-order valence-electron chi connectivity index (χ4n) is 2.60. The Morgan fingerprint density at radius 1 is 1.28 bits per heavy atom. The zero-order valence-corrected chi connectivity index (χ0v) is 18.4. The SMILES string of the molecule is COc1cc(/C=C\c2onc(C)c2[N+](=O)[O-])cc(I)c1OCc1ccc(Cl)cc1. The van der Waals surface area contributed by atoms with Crippen molar-refractivity contribution in [3.8, 4) is 11.5 Å². The van der Waals surface area contributed by atoms with Crippen molar-refractivity contribution in [2.75, 3.05) is 7.11 Å². The number of halogens is 2. The molecule has 2 aromatic carbocycles. The van der Waals surface area contributed by atoms with E-state index < -0.39 is 4.92 Å². The Morgan fingerprint density at radius 3 is 2.66 bits per heavy atom. The van der Waals surface area contributed by atoms with Gasteiger partial charge in [-0.3, -0.25) is 10.1 Å². The van der Waals surface area contributed by atoms with Crippen LogP contribution in [0, 0.1) is 20.6 Å². The van der Waals surface area contributed by atoms with E-state index in [0.717, 1.165) is 14.7 Å². The maximum Gasteiger partial charge on any atom is 0.338 e. The minimum Gasteiger partial charge on any atom is -0.493 e. The third kappa shape index (κ3) is 5.07. The molecule has 0 aliphatic carbocycles. The number of benzene rings is 2. The summed E-state index contributed by atoms with van der Waals surface area (Å²) in [5.74, 6) is 1.25. The smallest absolute Gasteiger partial charge is 0.338 e. The summed E-state index contributed by atoms with van der Waals surface area (Å²) in [7, 11) is 1.55. The van der Waals surface area contributed by atoms with Crippen LogP contribution in [0.4, 0.5) is 5.69 Å². The number of nitrogens with zero attached hydrogens (tertiary/aromatic N) is 2. The highest BCUT2D eigenvalue weighted by Gasteiger charge is 2.22. The second-order valence-electron chi connectivity index (χ2n) is 6.02. The summed E-state index contributed by atoms with van der Waals surface area (Å²) in [6, 6.07) is 11.1. The van der Waals surface area contributed by atoms with E-state index in [1.165, 1.54) is 13.0 Å². The van der Waals surface area contributed by atoms with E-state index in [2.05, 4.69) is 27.7 Å². The Balaban J connectivity index is 1.82. The lowest BCUT2D eigenvalue weighted by Gasteiger charge is -2.13. The standard InChI is InChI=1S/C20H16ClIN2O5/c1-12-19(24(25)26)17(29-23-12)8-5-14-9-16(22)20(18(10-14)27-2)28-11-13-3-6-15(21)7-4-13/h3-10H,11H2,1-2H3/b8-5-. The molecule has 0 fully saturated rings. The maximum atomic E-state index is 11.1. The van der Waals surface area contributed by atoms with E-state index in [4.69, 9.17) is 25.6 Å². The summed E-state index contributed by atoms with van der Waals surface area (Å²) in [6.07, 6.45) is 3.21. The van der Waals surface area contributed by atoms with Crippen molar-refractivity contribution in [3.05, 3.63) is 77.7 Å². The van der Waals surface area contributed by atoms with Gasteiger partial charge in [0.1, 0.15) is 6.61 Å². The topological polar surface area (TPSA) is 87.6 Å². The number of hydrogen-bond acceptors (Lipinski definition) is 6. The summed E-state index contributed by atoms with van der Waals surface area (Å²) in [4.78, 5) is 10.6. The van der Waals surface area contributed by atoms with Gasteiger partial charge in [0.15, 0.2) is 17.2 Å². The fraction of sp³-hybridized carbons (Fsp3) is 0.150. The molecule has 0 spiro atoms. The van der Waals surface area contributed by atoms with Crippen LogP contribution in [0.2, 0.25) is 5.02 Å². The first-order valence-corrected chi connectivity index (χ1v) is 9.88. The molecule has 1 heterocycles. The zero-order valence-electron chi connectivity index (χ0n) is 15.5. The summed E-state index contributed by atoms with van der Waals surface area (Å²) in [5, 5.41) is 15.5. The van der Waals surface area contributed by atoms with Crippen LogP contribution in [0.5, 0.6) is 11.5 Å². The molecule has 1 aromatic heterocycles. The third-order valence-electron chi connectivity index (χ3n) is 4.01. The Labute approximate surface area is 185 Å². The highest BCUT2D eigenvalue weighted by molar-refractivity contribution is 14.1. The number of aryl methyl sites for hydroxylation is 1. The van der Waals surface area contributed by atoms with Gasteiger partial charge in [0.05, 0.1) is 15.6 Å². The van der Waals surface area contributed by atoms with Crippen LogP contribution in [0.15, 0.2) is 40.9 Å². The molecule has 0 unspecified atom stereocenters. The number of hydrogen-bond donors (Lipinski definition) is 0. The Morgan fingerprint density at radius 2 is 2.00 bits per heavy atom. The van der Waals surface area contributed by atoms with E-state index >= 15 is 0 Å². The van der Waals surface area contributed by atoms with Gasteiger partial charge < -0.3 is 14.0 Å². The van der Waals surface area contributed by atoms with Crippen LogP contribution in [0.1, 0.15) is 22.6 Å². The first-order chi connectivity index (χ1) is 13.9. The molecule has 0 atom stereocenters. The monoisotopic (exact) mass is 526 g/mol.